The first-order chi connectivity index (χ1) is 14.0. The largest absolute Gasteiger partial charge is 0.636 e. The number of rotatable bonds is 4. The van der Waals surface area contributed by atoms with Gasteiger partial charge >= 0.3 is 19.1 Å². The van der Waals surface area contributed by atoms with Crippen LogP contribution in [0, 0.1) is 5.41 Å². The van der Waals surface area contributed by atoms with Gasteiger partial charge in [-0.1, -0.05) is 31.1 Å². The summed E-state index contributed by atoms with van der Waals surface area (Å²) in [6.07, 6.45) is 11.5. The van der Waals surface area contributed by atoms with Crippen LogP contribution in [-0.2, 0) is 18.9 Å². The normalized spacial score (nSPS) is 22.5. The standard InChI is InChI=1S/C22H28BNO5/c1-24-14-20(25)28-23(29-21(26)15-24)18-6-8-19(9-7-18)27-16-17-5-4-12-22(13-17)10-2-3-11-22/h6-9,13H,2-5,10-12,14-16H2,1H3. The van der Waals surface area contributed by atoms with Crippen LogP contribution in [0.5, 0.6) is 5.75 Å². The molecule has 0 unspecified atom stereocenters. The minimum atomic E-state index is -1.01. The topological polar surface area (TPSA) is 65.1 Å². The van der Waals surface area contributed by atoms with E-state index in [2.05, 4.69) is 6.08 Å². The van der Waals surface area contributed by atoms with Crippen molar-refractivity contribution in [2.75, 3.05) is 26.7 Å². The first-order valence-electron chi connectivity index (χ1n) is 10.5. The van der Waals surface area contributed by atoms with E-state index in [1.807, 2.05) is 12.1 Å². The summed E-state index contributed by atoms with van der Waals surface area (Å²) in [7, 11) is 0.659. The Morgan fingerprint density at radius 2 is 1.62 bits per heavy atom. The summed E-state index contributed by atoms with van der Waals surface area (Å²) in [6, 6.07) is 7.21. The average molecular weight is 397 g/mol. The highest BCUT2D eigenvalue weighted by Gasteiger charge is 2.35. The molecule has 154 valence electrons. The molecular weight excluding hydrogens is 369 g/mol. The van der Waals surface area contributed by atoms with Gasteiger partial charge in [0.05, 0.1) is 13.1 Å². The number of ether oxygens (including phenoxy) is 1. The Morgan fingerprint density at radius 3 is 2.28 bits per heavy atom. The average Bonchev–Trinajstić information content (AvgIpc) is 3.12. The lowest BCUT2D eigenvalue weighted by molar-refractivity contribution is -0.145. The fourth-order valence-corrected chi connectivity index (χ4v) is 4.70. The molecule has 1 aliphatic heterocycles. The number of carbonyl (C=O) groups is 2. The zero-order valence-electron chi connectivity index (χ0n) is 17.0. The maximum atomic E-state index is 11.9. The maximum absolute atomic E-state index is 11.9. The minimum Gasteiger partial charge on any atom is -0.494 e. The molecule has 0 N–H and O–H groups in total. The van der Waals surface area contributed by atoms with Crippen LogP contribution >= 0.6 is 0 Å². The van der Waals surface area contributed by atoms with E-state index in [1.165, 1.54) is 44.1 Å². The number of hydrogen-bond acceptors (Lipinski definition) is 6. The molecule has 2 aliphatic carbocycles. The molecular formula is C22H28BNO5. The lowest BCUT2D eigenvalue weighted by Crippen LogP contribution is -2.47. The molecule has 29 heavy (non-hydrogen) atoms. The molecule has 2 fully saturated rings. The summed E-state index contributed by atoms with van der Waals surface area (Å²) >= 11 is 0. The lowest BCUT2D eigenvalue weighted by Gasteiger charge is -2.31. The van der Waals surface area contributed by atoms with Crippen molar-refractivity contribution in [1.29, 1.82) is 0 Å². The first kappa shape index (κ1) is 20.0. The van der Waals surface area contributed by atoms with Gasteiger partial charge in [-0.3, -0.25) is 14.5 Å². The van der Waals surface area contributed by atoms with Crippen molar-refractivity contribution in [2.45, 2.75) is 44.9 Å². The Labute approximate surface area is 172 Å². The van der Waals surface area contributed by atoms with E-state index in [-0.39, 0.29) is 13.1 Å². The Bertz CT molecular complexity index is 765. The molecule has 0 amide bonds. The van der Waals surface area contributed by atoms with E-state index in [0.29, 0.717) is 17.5 Å². The van der Waals surface area contributed by atoms with Gasteiger partial charge in [-0.05, 0) is 62.3 Å². The molecule has 0 bridgehead atoms. The molecule has 4 rings (SSSR count). The number of nitrogens with zero attached hydrogens (tertiary/aromatic N) is 1. The molecule has 3 aliphatic rings. The third-order valence-corrected chi connectivity index (χ3v) is 6.13. The van der Waals surface area contributed by atoms with Crippen molar-refractivity contribution in [3.05, 3.63) is 35.9 Å². The van der Waals surface area contributed by atoms with Crippen molar-refractivity contribution < 1.29 is 23.6 Å². The number of benzene rings is 1. The van der Waals surface area contributed by atoms with Gasteiger partial charge < -0.3 is 14.0 Å². The predicted molar refractivity (Wildman–Crippen MR) is 110 cm³/mol. The second-order valence-electron chi connectivity index (χ2n) is 8.57. The second-order valence-corrected chi connectivity index (χ2v) is 8.57. The zero-order valence-corrected chi connectivity index (χ0v) is 17.0. The highest BCUT2D eigenvalue weighted by Crippen LogP contribution is 2.47. The quantitative estimate of drug-likeness (QED) is 0.575. The van der Waals surface area contributed by atoms with E-state index in [0.717, 1.165) is 12.2 Å². The SMILES string of the molecule is CN1CC(=O)OB(c2ccc(OCC3=CC4(CCCC4)CCC3)cc2)OC(=O)C1. The van der Waals surface area contributed by atoms with Crippen molar-refractivity contribution in [2.24, 2.45) is 5.41 Å². The fraction of sp³-hybridized carbons (Fsp3) is 0.545. The highest BCUT2D eigenvalue weighted by molar-refractivity contribution is 6.64. The summed E-state index contributed by atoms with van der Waals surface area (Å²) < 4.78 is 16.6. The number of likely N-dealkylation sites (N-methyl/N-ethyl adjacent to an activating group) is 1. The van der Waals surface area contributed by atoms with Crippen molar-refractivity contribution in [1.82, 2.24) is 4.90 Å². The molecule has 1 spiro atoms. The van der Waals surface area contributed by atoms with Crippen LogP contribution < -0.4 is 10.2 Å². The maximum Gasteiger partial charge on any atom is 0.636 e. The van der Waals surface area contributed by atoms with Gasteiger partial charge in [-0.15, -0.1) is 0 Å². The molecule has 1 saturated heterocycles. The van der Waals surface area contributed by atoms with Crippen molar-refractivity contribution >= 4 is 24.5 Å². The van der Waals surface area contributed by atoms with E-state index >= 15 is 0 Å². The predicted octanol–water partition coefficient (Wildman–Crippen LogP) is 2.46. The van der Waals surface area contributed by atoms with E-state index in [1.54, 1.807) is 24.1 Å². The first-order valence-corrected chi connectivity index (χ1v) is 10.5. The van der Waals surface area contributed by atoms with Gasteiger partial charge in [0, 0.05) is 5.46 Å². The third kappa shape index (κ3) is 5.02. The van der Waals surface area contributed by atoms with Gasteiger partial charge in [0.1, 0.15) is 12.4 Å². The number of allylic oxidation sites excluding steroid dienone is 1. The third-order valence-electron chi connectivity index (χ3n) is 6.13. The summed E-state index contributed by atoms with van der Waals surface area (Å²) in [5.41, 5.74) is 2.44. The van der Waals surface area contributed by atoms with Gasteiger partial charge in [-0.25, -0.2) is 0 Å². The highest BCUT2D eigenvalue weighted by atomic mass is 16.6. The Kier molecular flexibility index (Phi) is 5.95. The molecule has 1 saturated carbocycles. The van der Waals surface area contributed by atoms with Gasteiger partial charge in [0.25, 0.3) is 0 Å². The minimum absolute atomic E-state index is 0.0589. The van der Waals surface area contributed by atoms with Crippen LogP contribution in [0.25, 0.3) is 0 Å². The molecule has 0 aromatic heterocycles. The number of hydrogen-bond donors (Lipinski definition) is 0. The van der Waals surface area contributed by atoms with Crippen LogP contribution in [0.3, 0.4) is 0 Å². The summed E-state index contributed by atoms with van der Waals surface area (Å²) in [5.74, 6) is -0.0882. The van der Waals surface area contributed by atoms with Gasteiger partial charge in [0.15, 0.2) is 0 Å². The summed E-state index contributed by atoms with van der Waals surface area (Å²) in [6.45, 7) is 0.730. The van der Waals surface area contributed by atoms with Crippen LogP contribution in [-0.4, -0.2) is 50.7 Å². The van der Waals surface area contributed by atoms with Crippen LogP contribution in [0.2, 0.25) is 0 Å². The Hall–Kier alpha value is -2.28. The van der Waals surface area contributed by atoms with Gasteiger partial charge in [0.2, 0.25) is 0 Å². The molecule has 1 aromatic carbocycles. The Balaban J connectivity index is 1.37. The fourth-order valence-electron chi connectivity index (χ4n) is 4.70. The Morgan fingerprint density at radius 1 is 1.00 bits per heavy atom. The second kappa shape index (κ2) is 8.62. The summed E-state index contributed by atoms with van der Waals surface area (Å²) in [5, 5.41) is 0. The van der Waals surface area contributed by atoms with E-state index < -0.39 is 19.1 Å². The van der Waals surface area contributed by atoms with Crippen LogP contribution in [0.4, 0.5) is 0 Å². The van der Waals surface area contributed by atoms with Crippen LogP contribution in [0.15, 0.2) is 35.9 Å². The zero-order chi connectivity index (χ0) is 20.3. The molecule has 0 atom stereocenters. The van der Waals surface area contributed by atoms with Gasteiger partial charge in [-0.2, -0.15) is 0 Å². The van der Waals surface area contributed by atoms with Crippen molar-refractivity contribution in [3.63, 3.8) is 0 Å². The summed E-state index contributed by atoms with van der Waals surface area (Å²) in [4.78, 5) is 25.4. The molecule has 7 heteroatoms. The number of carbonyl (C=O) groups excluding carboxylic acids is 2. The lowest BCUT2D eigenvalue weighted by atomic mass is 9.75. The van der Waals surface area contributed by atoms with Crippen LogP contribution in [0.1, 0.15) is 44.9 Å². The van der Waals surface area contributed by atoms with E-state index in [4.69, 9.17) is 14.0 Å². The van der Waals surface area contributed by atoms with Crippen molar-refractivity contribution in [3.8, 4) is 5.75 Å². The smallest absolute Gasteiger partial charge is 0.494 e. The molecule has 6 nitrogen and oxygen atoms in total. The molecule has 1 heterocycles. The van der Waals surface area contributed by atoms with E-state index in [9.17, 15) is 9.59 Å². The molecule has 0 radical (unpaired) electrons. The molecule has 1 aromatic rings. The monoisotopic (exact) mass is 397 g/mol.